The molecule has 0 saturated carbocycles. The predicted molar refractivity (Wildman–Crippen MR) is 70.4 cm³/mol. The van der Waals surface area contributed by atoms with Crippen molar-refractivity contribution < 1.29 is 9.53 Å². The molecule has 0 bridgehead atoms. The molecule has 1 aromatic heterocycles. The van der Waals surface area contributed by atoms with Crippen molar-refractivity contribution in [3.8, 4) is 5.88 Å². The molecule has 100 valence electrons. The molecule has 0 spiro atoms. The van der Waals surface area contributed by atoms with Crippen LogP contribution in [0.3, 0.4) is 0 Å². The van der Waals surface area contributed by atoms with Gasteiger partial charge in [-0.05, 0) is 25.5 Å². The van der Waals surface area contributed by atoms with Gasteiger partial charge in [0, 0.05) is 31.9 Å². The van der Waals surface area contributed by atoms with Gasteiger partial charge in [0.25, 0.3) is 0 Å². The Morgan fingerprint density at radius 2 is 2.28 bits per heavy atom. The minimum absolute atomic E-state index is 0.0889. The number of rotatable bonds is 6. The van der Waals surface area contributed by atoms with E-state index in [1.54, 1.807) is 18.2 Å². The second kappa shape index (κ2) is 6.96. The van der Waals surface area contributed by atoms with E-state index in [1.807, 2.05) is 33.0 Å². The van der Waals surface area contributed by atoms with Crippen LogP contribution >= 0.6 is 0 Å². The van der Waals surface area contributed by atoms with Crippen molar-refractivity contribution in [3.63, 3.8) is 0 Å². The Bertz CT molecular complexity index is 394. The third-order valence-corrected chi connectivity index (χ3v) is 2.78. The quantitative estimate of drug-likeness (QED) is 0.821. The van der Waals surface area contributed by atoms with Crippen LogP contribution in [0, 0.1) is 0 Å². The molecule has 5 heteroatoms. The van der Waals surface area contributed by atoms with Gasteiger partial charge in [0.1, 0.15) is 0 Å². The molecule has 18 heavy (non-hydrogen) atoms. The molecule has 1 aromatic rings. The van der Waals surface area contributed by atoms with Crippen molar-refractivity contribution in [3.05, 3.63) is 23.9 Å². The maximum Gasteiger partial charge on any atom is 0.236 e. The molecular weight excluding hydrogens is 230 g/mol. The van der Waals surface area contributed by atoms with E-state index in [9.17, 15) is 4.79 Å². The summed E-state index contributed by atoms with van der Waals surface area (Å²) in [5.74, 6) is 0.672. The summed E-state index contributed by atoms with van der Waals surface area (Å²) in [4.78, 5) is 17.5. The van der Waals surface area contributed by atoms with E-state index in [0.717, 1.165) is 5.56 Å². The number of hydrogen-bond acceptors (Lipinski definition) is 4. The summed E-state index contributed by atoms with van der Waals surface area (Å²) in [6.45, 7) is 4.94. The van der Waals surface area contributed by atoms with Crippen LogP contribution in [0.15, 0.2) is 18.3 Å². The molecule has 0 unspecified atom stereocenters. The Morgan fingerprint density at radius 3 is 2.89 bits per heavy atom. The van der Waals surface area contributed by atoms with E-state index < -0.39 is 0 Å². The van der Waals surface area contributed by atoms with Gasteiger partial charge in [-0.3, -0.25) is 4.79 Å². The van der Waals surface area contributed by atoms with Gasteiger partial charge >= 0.3 is 0 Å². The second-order valence-corrected chi connectivity index (χ2v) is 4.41. The highest BCUT2D eigenvalue weighted by atomic mass is 16.5. The summed E-state index contributed by atoms with van der Waals surface area (Å²) in [7, 11) is 3.39. The SMILES string of the molecule is COc1cc(CNCC(=O)N(C)C(C)C)ccn1. The molecule has 1 rings (SSSR count). The van der Waals surface area contributed by atoms with Crippen LogP contribution < -0.4 is 10.1 Å². The standard InChI is InChI=1S/C13H21N3O2/c1-10(2)16(3)13(17)9-14-8-11-5-6-15-12(7-11)18-4/h5-7,10,14H,8-9H2,1-4H3. The number of carbonyl (C=O) groups excluding carboxylic acids is 1. The van der Waals surface area contributed by atoms with Crippen molar-refractivity contribution in [1.82, 2.24) is 15.2 Å². The average molecular weight is 251 g/mol. The molecule has 0 radical (unpaired) electrons. The van der Waals surface area contributed by atoms with E-state index in [4.69, 9.17) is 4.74 Å². The van der Waals surface area contributed by atoms with Crippen molar-refractivity contribution >= 4 is 5.91 Å². The maximum absolute atomic E-state index is 11.7. The lowest BCUT2D eigenvalue weighted by Crippen LogP contribution is -2.39. The first-order chi connectivity index (χ1) is 8.54. The molecule has 0 atom stereocenters. The Kier molecular flexibility index (Phi) is 5.58. The summed E-state index contributed by atoms with van der Waals surface area (Å²) in [6, 6.07) is 3.97. The predicted octanol–water partition coefficient (Wildman–Crippen LogP) is 1.05. The average Bonchev–Trinajstić information content (AvgIpc) is 2.37. The first-order valence-corrected chi connectivity index (χ1v) is 6.00. The third kappa shape index (κ3) is 4.33. The van der Waals surface area contributed by atoms with Gasteiger partial charge in [0.2, 0.25) is 11.8 Å². The van der Waals surface area contributed by atoms with Gasteiger partial charge in [-0.15, -0.1) is 0 Å². The van der Waals surface area contributed by atoms with Crippen LogP contribution in [0.2, 0.25) is 0 Å². The zero-order valence-electron chi connectivity index (χ0n) is 11.4. The zero-order chi connectivity index (χ0) is 13.5. The second-order valence-electron chi connectivity index (χ2n) is 4.41. The van der Waals surface area contributed by atoms with E-state index in [-0.39, 0.29) is 11.9 Å². The molecule has 1 amide bonds. The van der Waals surface area contributed by atoms with Gasteiger partial charge in [-0.1, -0.05) is 0 Å². The van der Waals surface area contributed by atoms with Crippen molar-refractivity contribution in [2.24, 2.45) is 0 Å². The number of ether oxygens (including phenoxy) is 1. The minimum Gasteiger partial charge on any atom is -0.481 e. The number of nitrogens with zero attached hydrogens (tertiary/aromatic N) is 2. The van der Waals surface area contributed by atoms with Crippen molar-refractivity contribution in [2.75, 3.05) is 20.7 Å². The summed E-state index contributed by atoms with van der Waals surface area (Å²) in [5, 5.41) is 3.11. The van der Waals surface area contributed by atoms with E-state index in [1.165, 1.54) is 0 Å². The number of methoxy groups -OCH3 is 1. The molecule has 0 aromatic carbocycles. The highest BCUT2D eigenvalue weighted by molar-refractivity contribution is 5.78. The largest absolute Gasteiger partial charge is 0.481 e. The van der Waals surface area contributed by atoms with Gasteiger partial charge < -0.3 is 15.0 Å². The summed E-state index contributed by atoms with van der Waals surface area (Å²) in [5.41, 5.74) is 1.04. The van der Waals surface area contributed by atoms with Crippen molar-refractivity contribution in [2.45, 2.75) is 26.4 Å². The molecule has 0 aliphatic heterocycles. The highest BCUT2D eigenvalue weighted by Crippen LogP contribution is 2.07. The molecule has 0 fully saturated rings. The number of hydrogen-bond donors (Lipinski definition) is 1. The Hall–Kier alpha value is -1.62. The lowest BCUT2D eigenvalue weighted by Gasteiger charge is -2.21. The lowest BCUT2D eigenvalue weighted by molar-refractivity contribution is -0.130. The summed E-state index contributed by atoms with van der Waals surface area (Å²) < 4.78 is 5.04. The van der Waals surface area contributed by atoms with Crippen LogP contribution in [-0.4, -0.2) is 42.5 Å². The van der Waals surface area contributed by atoms with E-state index >= 15 is 0 Å². The molecule has 0 saturated heterocycles. The molecule has 1 N–H and O–H groups in total. The van der Waals surface area contributed by atoms with Crippen LogP contribution in [0.25, 0.3) is 0 Å². The summed E-state index contributed by atoms with van der Waals surface area (Å²) in [6.07, 6.45) is 1.69. The zero-order valence-corrected chi connectivity index (χ0v) is 11.4. The van der Waals surface area contributed by atoms with E-state index in [2.05, 4.69) is 10.3 Å². The maximum atomic E-state index is 11.7. The normalized spacial score (nSPS) is 10.5. The number of likely N-dealkylation sites (N-methyl/N-ethyl adjacent to an activating group) is 1. The fourth-order valence-corrected chi connectivity index (χ4v) is 1.40. The number of amides is 1. The van der Waals surface area contributed by atoms with Gasteiger partial charge in [0.15, 0.2) is 0 Å². The van der Waals surface area contributed by atoms with Gasteiger partial charge in [-0.2, -0.15) is 0 Å². The molecule has 0 aliphatic carbocycles. The Morgan fingerprint density at radius 1 is 1.56 bits per heavy atom. The number of pyridine rings is 1. The smallest absolute Gasteiger partial charge is 0.236 e. The van der Waals surface area contributed by atoms with E-state index in [0.29, 0.717) is 19.0 Å². The fourth-order valence-electron chi connectivity index (χ4n) is 1.40. The summed E-state index contributed by atoms with van der Waals surface area (Å²) >= 11 is 0. The number of nitrogens with one attached hydrogen (secondary N) is 1. The molecular formula is C13H21N3O2. The molecule has 1 heterocycles. The number of aromatic nitrogens is 1. The topological polar surface area (TPSA) is 54.5 Å². The minimum atomic E-state index is 0.0889. The van der Waals surface area contributed by atoms with Crippen LogP contribution in [-0.2, 0) is 11.3 Å². The molecule has 0 aliphatic rings. The van der Waals surface area contributed by atoms with Crippen LogP contribution in [0.4, 0.5) is 0 Å². The first-order valence-electron chi connectivity index (χ1n) is 6.00. The van der Waals surface area contributed by atoms with Crippen LogP contribution in [0.5, 0.6) is 5.88 Å². The third-order valence-electron chi connectivity index (χ3n) is 2.78. The first kappa shape index (κ1) is 14.4. The van der Waals surface area contributed by atoms with Gasteiger partial charge in [-0.25, -0.2) is 4.98 Å². The Balaban J connectivity index is 2.39. The van der Waals surface area contributed by atoms with Gasteiger partial charge in [0.05, 0.1) is 13.7 Å². The monoisotopic (exact) mass is 251 g/mol. The lowest BCUT2D eigenvalue weighted by atomic mass is 10.2. The van der Waals surface area contributed by atoms with Crippen LogP contribution in [0.1, 0.15) is 19.4 Å². The fraction of sp³-hybridized carbons (Fsp3) is 0.538. The number of carbonyl (C=O) groups is 1. The Labute approximate surface area is 108 Å². The van der Waals surface area contributed by atoms with Crippen molar-refractivity contribution in [1.29, 1.82) is 0 Å². The molecule has 5 nitrogen and oxygen atoms in total. The highest BCUT2D eigenvalue weighted by Gasteiger charge is 2.10.